The number of hydrogen-bond acceptors (Lipinski definition) is 8. The average molecular weight is 290 g/mol. The van der Waals surface area contributed by atoms with Gasteiger partial charge in [-0.3, -0.25) is 10.1 Å². The van der Waals surface area contributed by atoms with Gasteiger partial charge in [0.05, 0.1) is 24.2 Å². The number of anilines is 2. The van der Waals surface area contributed by atoms with Gasteiger partial charge in [-0.15, -0.1) is 0 Å². The summed E-state index contributed by atoms with van der Waals surface area (Å²) in [5.41, 5.74) is 3.07. The van der Waals surface area contributed by atoms with Gasteiger partial charge in [-0.05, 0) is 5.56 Å². The van der Waals surface area contributed by atoms with Crippen molar-refractivity contribution in [2.45, 2.75) is 6.54 Å². The maximum Gasteiger partial charge on any atom is 0.276 e. The first-order valence-corrected chi connectivity index (χ1v) is 5.98. The van der Waals surface area contributed by atoms with Crippen LogP contribution < -0.4 is 21.3 Å². The Bertz CT molecular complexity index is 631. The van der Waals surface area contributed by atoms with Crippen LogP contribution in [-0.4, -0.2) is 22.0 Å². The van der Waals surface area contributed by atoms with Crippen LogP contribution in [0.3, 0.4) is 0 Å². The molecule has 4 N–H and O–H groups in total. The normalized spacial score (nSPS) is 10.0. The zero-order valence-electron chi connectivity index (χ0n) is 11.2. The van der Waals surface area contributed by atoms with Gasteiger partial charge in [-0.1, -0.05) is 6.07 Å². The predicted octanol–water partition coefficient (Wildman–Crippen LogP) is 1.29. The quantitative estimate of drug-likeness (QED) is 0.412. The van der Waals surface area contributed by atoms with Gasteiger partial charge < -0.3 is 15.5 Å². The third-order valence-corrected chi connectivity index (χ3v) is 2.65. The molecule has 0 aliphatic heterocycles. The SMILES string of the molecule is COc1ccc(CNc2cc([N+](=O)[O-])cc(NN)n2)cn1. The van der Waals surface area contributed by atoms with E-state index in [0.29, 0.717) is 18.2 Å². The molecule has 0 unspecified atom stereocenters. The third-order valence-electron chi connectivity index (χ3n) is 2.65. The fourth-order valence-electron chi connectivity index (χ4n) is 1.61. The predicted molar refractivity (Wildman–Crippen MR) is 76.8 cm³/mol. The zero-order chi connectivity index (χ0) is 15.2. The van der Waals surface area contributed by atoms with Gasteiger partial charge in [0, 0.05) is 18.8 Å². The molecule has 0 aliphatic rings. The van der Waals surface area contributed by atoms with Crippen LogP contribution in [0.25, 0.3) is 0 Å². The van der Waals surface area contributed by atoms with E-state index in [0.717, 1.165) is 5.56 Å². The summed E-state index contributed by atoms with van der Waals surface area (Å²) in [7, 11) is 1.54. The molecule has 110 valence electrons. The Labute approximate surface area is 120 Å². The van der Waals surface area contributed by atoms with Crippen molar-refractivity contribution >= 4 is 17.3 Å². The molecular weight excluding hydrogens is 276 g/mol. The number of methoxy groups -OCH3 is 1. The summed E-state index contributed by atoms with van der Waals surface area (Å²) in [6.45, 7) is 0.412. The van der Waals surface area contributed by atoms with E-state index in [1.54, 1.807) is 12.3 Å². The van der Waals surface area contributed by atoms with Gasteiger partial charge in [0.1, 0.15) is 11.6 Å². The minimum atomic E-state index is -0.511. The van der Waals surface area contributed by atoms with Gasteiger partial charge in [-0.25, -0.2) is 15.8 Å². The highest BCUT2D eigenvalue weighted by molar-refractivity contribution is 5.54. The number of pyridine rings is 2. The van der Waals surface area contributed by atoms with Crippen LogP contribution in [0.15, 0.2) is 30.5 Å². The first-order valence-electron chi connectivity index (χ1n) is 5.98. The zero-order valence-corrected chi connectivity index (χ0v) is 11.2. The lowest BCUT2D eigenvalue weighted by Gasteiger charge is -2.08. The van der Waals surface area contributed by atoms with Crippen molar-refractivity contribution in [2.75, 3.05) is 17.9 Å². The molecule has 2 aromatic rings. The first kappa shape index (κ1) is 14.5. The van der Waals surface area contributed by atoms with E-state index in [2.05, 4.69) is 20.7 Å². The second-order valence-corrected chi connectivity index (χ2v) is 4.06. The number of hydrazine groups is 1. The topological polar surface area (TPSA) is 128 Å². The van der Waals surface area contributed by atoms with Crippen molar-refractivity contribution in [3.05, 3.63) is 46.1 Å². The molecule has 2 heterocycles. The Morgan fingerprint density at radius 3 is 2.71 bits per heavy atom. The number of ether oxygens (including phenoxy) is 1. The van der Waals surface area contributed by atoms with E-state index in [4.69, 9.17) is 10.6 Å². The van der Waals surface area contributed by atoms with Crippen LogP contribution in [0.1, 0.15) is 5.56 Å². The fraction of sp³-hybridized carbons (Fsp3) is 0.167. The summed E-state index contributed by atoms with van der Waals surface area (Å²) in [6.07, 6.45) is 1.64. The molecule has 9 nitrogen and oxygen atoms in total. The summed E-state index contributed by atoms with van der Waals surface area (Å²) in [5, 5.41) is 13.8. The number of nitrogen functional groups attached to an aromatic ring is 1. The van der Waals surface area contributed by atoms with Gasteiger partial charge in [0.25, 0.3) is 5.69 Å². The molecule has 0 spiro atoms. The van der Waals surface area contributed by atoms with Crippen molar-refractivity contribution in [3.8, 4) is 5.88 Å². The monoisotopic (exact) mass is 290 g/mol. The van der Waals surface area contributed by atoms with Gasteiger partial charge in [0.2, 0.25) is 5.88 Å². The molecule has 0 bridgehead atoms. The van der Waals surface area contributed by atoms with E-state index >= 15 is 0 Å². The van der Waals surface area contributed by atoms with Crippen molar-refractivity contribution in [1.82, 2.24) is 9.97 Å². The molecule has 0 fully saturated rings. The summed E-state index contributed by atoms with van der Waals surface area (Å²) < 4.78 is 4.96. The van der Waals surface area contributed by atoms with Crippen molar-refractivity contribution in [1.29, 1.82) is 0 Å². The highest BCUT2D eigenvalue weighted by Crippen LogP contribution is 2.20. The van der Waals surface area contributed by atoms with Gasteiger partial charge in [-0.2, -0.15) is 0 Å². The Hall–Kier alpha value is -2.94. The number of nitrogens with one attached hydrogen (secondary N) is 2. The molecule has 0 atom stereocenters. The summed E-state index contributed by atoms with van der Waals surface area (Å²) >= 11 is 0. The Balaban J connectivity index is 2.11. The molecule has 0 saturated carbocycles. The first-order chi connectivity index (χ1) is 10.1. The van der Waals surface area contributed by atoms with Crippen molar-refractivity contribution < 1.29 is 9.66 Å². The van der Waals surface area contributed by atoms with Crippen LogP contribution in [0.2, 0.25) is 0 Å². The summed E-state index contributed by atoms with van der Waals surface area (Å²) in [5.74, 6) is 6.30. The van der Waals surface area contributed by atoms with Crippen LogP contribution in [0.4, 0.5) is 17.3 Å². The third kappa shape index (κ3) is 3.76. The summed E-state index contributed by atoms with van der Waals surface area (Å²) in [4.78, 5) is 18.5. The molecule has 0 radical (unpaired) electrons. The maximum atomic E-state index is 10.8. The number of rotatable bonds is 6. The van der Waals surface area contributed by atoms with Crippen molar-refractivity contribution in [3.63, 3.8) is 0 Å². The van der Waals surface area contributed by atoms with Crippen LogP contribution >= 0.6 is 0 Å². The highest BCUT2D eigenvalue weighted by atomic mass is 16.6. The van der Waals surface area contributed by atoms with E-state index in [9.17, 15) is 10.1 Å². The largest absolute Gasteiger partial charge is 0.481 e. The minimum absolute atomic E-state index is 0.103. The molecule has 0 amide bonds. The standard InChI is InChI=1S/C12H14N6O3/c1-21-12-3-2-8(7-15-12)6-14-10-4-9(18(19)20)5-11(16-10)17-13/h2-5,7H,6,13H2,1H3,(H2,14,16,17). The second-order valence-electron chi connectivity index (χ2n) is 4.06. The second kappa shape index (κ2) is 6.48. The maximum absolute atomic E-state index is 10.8. The average Bonchev–Trinajstić information content (AvgIpc) is 2.53. The lowest BCUT2D eigenvalue weighted by Crippen LogP contribution is -2.11. The van der Waals surface area contributed by atoms with Gasteiger partial charge >= 0.3 is 0 Å². The molecule has 21 heavy (non-hydrogen) atoms. The lowest BCUT2D eigenvalue weighted by atomic mass is 10.3. The number of nitrogens with zero attached hydrogens (tertiary/aromatic N) is 3. The van der Waals surface area contributed by atoms with E-state index < -0.39 is 4.92 Å². The lowest BCUT2D eigenvalue weighted by molar-refractivity contribution is -0.384. The van der Waals surface area contributed by atoms with Crippen LogP contribution in [-0.2, 0) is 6.54 Å². The highest BCUT2D eigenvalue weighted by Gasteiger charge is 2.10. The number of hydrogen-bond donors (Lipinski definition) is 3. The molecule has 9 heteroatoms. The Morgan fingerprint density at radius 2 is 2.14 bits per heavy atom. The van der Waals surface area contributed by atoms with Crippen LogP contribution in [0.5, 0.6) is 5.88 Å². The molecular formula is C12H14N6O3. The van der Waals surface area contributed by atoms with E-state index in [-0.39, 0.29) is 11.5 Å². The summed E-state index contributed by atoms with van der Waals surface area (Å²) in [6, 6.07) is 6.14. The number of nitrogens with two attached hydrogens (primary N) is 1. The fourth-order valence-corrected chi connectivity index (χ4v) is 1.61. The molecule has 0 aliphatic carbocycles. The Morgan fingerprint density at radius 1 is 1.38 bits per heavy atom. The smallest absolute Gasteiger partial charge is 0.276 e. The van der Waals surface area contributed by atoms with Gasteiger partial charge in [0.15, 0.2) is 0 Å². The molecule has 0 saturated heterocycles. The number of aromatic nitrogens is 2. The van der Waals surface area contributed by atoms with E-state index in [1.165, 1.54) is 19.2 Å². The van der Waals surface area contributed by atoms with E-state index in [1.807, 2.05) is 6.07 Å². The molecule has 0 aromatic carbocycles. The Kier molecular flexibility index (Phi) is 4.46. The minimum Gasteiger partial charge on any atom is -0.481 e. The molecule has 2 aromatic heterocycles. The van der Waals surface area contributed by atoms with Crippen molar-refractivity contribution in [2.24, 2.45) is 5.84 Å². The molecule has 2 rings (SSSR count). The van der Waals surface area contributed by atoms with Crippen LogP contribution in [0, 0.1) is 10.1 Å². The number of nitro groups is 1.